The molecule has 1 unspecified atom stereocenters. The Labute approximate surface area is 125 Å². The number of ketones is 1. The molecule has 20 heavy (non-hydrogen) atoms. The number of ether oxygens (including phenoxy) is 1. The van der Waals surface area contributed by atoms with Crippen molar-refractivity contribution in [3.63, 3.8) is 0 Å². The summed E-state index contributed by atoms with van der Waals surface area (Å²) in [6.45, 7) is 7.43. The molecule has 116 valence electrons. The summed E-state index contributed by atoms with van der Waals surface area (Å²) in [7, 11) is 0. The highest BCUT2D eigenvalue weighted by molar-refractivity contribution is 8.01. The molecular formula is C14H25NO4S. The van der Waals surface area contributed by atoms with Crippen LogP contribution < -0.4 is 5.32 Å². The van der Waals surface area contributed by atoms with Crippen LogP contribution in [-0.4, -0.2) is 48.7 Å². The summed E-state index contributed by atoms with van der Waals surface area (Å²) in [6, 6.07) is 0. The van der Waals surface area contributed by atoms with Gasteiger partial charge in [-0.2, -0.15) is 0 Å². The van der Waals surface area contributed by atoms with Crippen molar-refractivity contribution in [1.29, 1.82) is 0 Å². The van der Waals surface area contributed by atoms with Crippen LogP contribution in [-0.2, 0) is 19.1 Å². The third-order valence-corrected chi connectivity index (χ3v) is 3.74. The zero-order chi connectivity index (χ0) is 15.4. The molecule has 0 bridgehead atoms. The Morgan fingerprint density at radius 1 is 1.35 bits per heavy atom. The van der Waals surface area contributed by atoms with E-state index < -0.39 is 5.25 Å². The predicted molar refractivity (Wildman–Crippen MR) is 80.9 cm³/mol. The van der Waals surface area contributed by atoms with E-state index in [9.17, 15) is 14.4 Å². The summed E-state index contributed by atoms with van der Waals surface area (Å²) in [5.74, 6) is 0.606. The summed E-state index contributed by atoms with van der Waals surface area (Å²) in [5, 5.41) is 2.24. The van der Waals surface area contributed by atoms with E-state index in [1.807, 2.05) is 0 Å². The molecule has 0 aliphatic heterocycles. The molecule has 0 fully saturated rings. The predicted octanol–water partition coefficient (Wildman–Crippen LogP) is 1.45. The highest BCUT2D eigenvalue weighted by atomic mass is 32.2. The molecule has 6 heteroatoms. The Morgan fingerprint density at radius 3 is 2.60 bits per heavy atom. The van der Waals surface area contributed by atoms with Gasteiger partial charge in [0.25, 0.3) is 0 Å². The molecule has 0 saturated heterocycles. The first-order chi connectivity index (χ1) is 9.51. The highest BCUT2D eigenvalue weighted by Gasteiger charge is 2.19. The van der Waals surface area contributed by atoms with Gasteiger partial charge < -0.3 is 14.8 Å². The topological polar surface area (TPSA) is 72.5 Å². The molecule has 0 radical (unpaired) electrons. The fourth-order valence-electron chi connectivity index (χ4n) is 1.31. The number of thioether (sulfide) groups is 1. The molecule has 1 amide bonds. The zero-order valence-electron chi connectivity index (χ0n) is 12.5. The number of amides is 1. The molecule has 5 nitrogen and oxygen atoms in total. The van der Waals surface area contributed by atoms with Gasteiger partial charge in [-0.05, 0) is 5.92 Å². The summed E-state index contributed by atoms with van der Waals surface area (Å²) >= 11 is 1.22. The molecule has 0 aliphatic rings. The Balaban J connectivity index is 3.96. The standard InChI is InChI=1S/C14H25NO4S/c1-4-12(17)10-20-13(5-7-16)14(18)15-6-8-19-9-11(2)3/h7,11,13H,4-6,8-10H2,1-3H3,(H,15,18). The van der Waals surface area contributed by atoms with Gasteiger partial charge in [0.15, 0.2) is 0 Å². The second-order valence-electron chi connectivity index (χ2n) is 4.85. The lowest BCUT2D eigenvalue weighted by molar-refractivity contribution is -0.122. The van der Waals surface area contributed by atoms with Crippen molar-refractivity contribution in [2.45, 2.75) is 38.9 Å². The van der Waals surface area contributed by atoms with Gasteiger partial charge in [-0.3, -0.25) is 9.59 Å². The number of aldehydes is 1. The fourth-order valence-corrected chi connectivity index (χ4v) is 2.35. The number of hydrogen-bond acceptors (Lipinski definition) is 5. The maximum absolute atomic E-state index is 11.9. The molecule has 1 N–H and O–H groups in total. The first kappa shape index (κ1) is 19.1. The third kappa shape index (κ3) is 9.97. The number of carbonyl (C=O) groups is 3. The number of carbonyl (C=O) groups excluding carboxylic acids is 3. The lowest BCUT2D eigenvalue weighted by Gasteiger charge is -2.14. The van der Waals surface area contributed by atoms with Crippen molar-refractivity contribution in [3.05, 3.63) is 0 Å². The Bertz CT molecular complexity index is 308. The van der Waals surface area contributed by atoms with E-state index in [-0.39, 0.29) is 23.9 Å². The van der Waals surface area contributed by atoms with Crippen molar-refractivity contribution in [3.8, 4) is 0 Å². The van der Waals surface area contributed by atoms with E-state index in [0.717, 1.165) is 0 Å². The van der Waals surface area contributed by atoms with Crippen molar-refractivity contribution in [2.24, 2.45) is 5.92 Å². The Hall–Kier alpha value is -0.880. The molecule has 0 rings (SSSR count). The molecule has 0 aliphatic carbocycles. The first-order valence-corrected chi connectivity index (χ1v) is 7.98. The van der Waals surface area contributed by atoms with Crippen molar-refractivity contribution in [1.82, 2.24) is 5.32 Å². The summed E-state index contributed by atoms with van der Waals surface area (Å²) < 4.78 is 5.36. The molecule has 0 aromatic heterocycles. The van der Waals surface area contributed by atoms with Crippen LogP contribution in [0.4, 0.5) is 0 Å². The van der Waals surface area contributed by atoms with Crippen LogP contribution in [0, 0.1) is 5.92 Å². The van der Waals surface area contributed by atoms with Gasteiger partial charge in [0, 0.05) is 26.0 Å². The second-order valence-corrected chi connectivity index (χ2v) is 6.05. The molecule has 0 aromatic rings. The maximum Gasteiger partial charge on any atom is 0.233 e. The van der Waals surface area contributed by atoms with Crippen molar-refractivity contribution >= 4 is 29.7 Å². The second kappa shape index (κ2) is 11.9. The number of rotatable bonds is 12. The lowest BCUT2D eigenvalue weighted by atomic mass is 10.2. The van der Waals surface area contributed by atoms with Crippen LogP contribution in [0.2, 0.25) is 0 Å². The van der Waals surface area contributed by atoms with Gasteiger partial charge in [-0.25, -0.2) is 0 Å². The van der Waals surface area contributed by atoms with E-state index in [1.165, 1.54) is 11.8 Å². The summed E-state index contributed by atoms with van der Waals surface area (Å²) in [6.07, 6.45) is 1.29. The van der Waals surface area contributed by atoms with Crippen LogP contribution in [0.25, 0.3) is 0 Å². The van der Waals surface area contributed by atoms with Crippen LogP contribution >= 0.6 is 11.8 Å². The van der Waals surface area contributed by atoms with Crippen LogP contribution in [0.3, 0.4) is 0 Å². The van der Waals surface area contributed by atoms with Gasteiger partial charge in [0.1, 0.15) is 12.1 Å². The van der Waals surface area contributed by atoms with E-state index in [1.54, 1.807) is 6.92 Å². The number of nitrogens with one attached hydrogen (secondary N) is 1. The van der Waals surface area contributed by atoms with Gasteiger partial charge in [0.2, 0.25) is 5.91 Å². The molecule has 0 saturated carbocycles. The average molecular weight is 303 g/mol. The van der Waals surface area contributed by atoms with Gasteiger partial charge in [-0.15, -0.1) is 11.8 Å². The highest BCUT2D eigenvalue weighted by Crippen LogP contribution is 2.14. The lowest BCUT2D eigenvalue weighted by Crippen LogP contribution is -2.35. The van der Waals surface area contributed by atoms with Crippen LogP contribution in [0.1, 0.15) is 33.6 Å². The number of hydrogen-bond donors (Lipinski definition) is 1. The van der Waals surface area contributed by atoms with Crippen LogP contribution in [0.5, 0.6) is 0 Å². The van der Waals surface area contributed by atoms with E-state index in [0.29, 0.717) is 38.4 Å². The minimum absolute atomic E-state index is 0.0824. The summed E-state index contributed by atoms with van der Waals surface area (Å²) in [5.41, 5.74) is 0. The Morgan fingerprint density at radius 2 is 2.05 bits per heavy atom. The quantitative estimate of drug-likeness (QED) is 0.436. The van der Waals surface area contributed by atoms with Crippen molar-refractivity contribution in [2.75, 3.05) is 25.5 Å². The fraction of sp³-hybridized carbons (Fsp3) is 0.786. The van der Waals surface area contributed by atoms with Gasteiger partial charge in [-0.1, -0.05) is 20.8 Å². The normalized spacial score (nSPS) is 12.2. The molecule has 0 spiro atoms. The molecule has 0 heterocycles. The maximum atomic E-state index is 11.9. The monoisotopic (exact) mass is 303 g/mol. The summed E-state index contributed by atoms with van der Waals surface area (Å²) in [4.78, 5) is 33.7. The molecular weight excluding hydrogens is 278 g/mol. The largest absolute Gasteiger partial charge is 0.379 e. The SMILES string of the molecule is CCC(=O)CSC(CC=O)C(=O)NCCOCC(C)C. The molecule has 1 atom stereocenters. The minimum atomic E-state index is -0.493. The third-order valence-electron chi connectivity index (χ3n) is 2.44. The first-order valence-electron chi connectivity index (χ1n) is 6.93. The van der Waals surface area contributed by atoms with Gasteiger partial charge in [0.05, 0.1) is 17.6 Å². The van der Waals surface area contributed by atoms with E-state index in [4.69, 9.17) is 4.74 Å². The van der Waals surface area contributed by atoms with E-state index in [2.05, 4.69) is 19.2 Å². The van der Waals surface area contributed by atoms with Crippen molar-refractivity contribution < 1.29 is 19.1 Å². The molecule has 0 aromatic carbocycles. The van der Waals surface area contributed by atoms with Crippen LogP contribution in [0.15, 0.2) is 0 Å². The Kier molecular flexibility index (Phi) is 11.4. The smallest absolute Gasteiger partial charge is 0.233 e. The van der Waals surface area contributed by atoms with Gasteiger partial charge >= 0.3 is 0 Å². The minimum Gasteiger partial charge on any atom is -0.379 e. The average Bonchev–Trinajstić information content (AvgIpc) is 2.41. The zero-order valence-corrected chi connectivity index (χ0v) is 13.3. The number of Topliss-reactive ketones (excluding diaryl/α,β-unsaturated/α-hetero) is 1. The van der Waals surface area contributed by atoms with E-state index >= 15 is 0 Å².